The first-order valence-corrected chi connectivity index (χ1v) is 7.95. The second kappa shape index (κ2) is 6.61. The van der Waals surface area contributed by atoms with Crippen molar-refractivity contribution in [1.29, 1.82) is 0 Å². The molecule has 0 saturated carbocycles. The summed E-state index contributed by atoms with van der Waals surface area (Å²) in [6.07, 6.45) is -0.610. The second-order valence-corrected chi connectivity index (χ2v) is 6.07. The second-order valence-electron chi connectivity index (χ2n) is 5.22. The van der Waals surface area contributed by atoms with Gasteiger partial charge in [-0.3, -0.25) is 4.79 Å². The van der Waals surface area contributed by atoms with Crippen LogP contribution in [0.15, 0.2) is 60.7 Å². The van der Waals surface area contributed by atoms with Gasteiger partial charge in [-0.2, -0.15) is 0 Å². The summed E-state index contributed by atoms with van der Waals surface area (Å²) in [7, 11) is 0. The van der Waals surface area contributed by atoms with Crippen molar-refractivity contribution in [2.24, 2.45) is 0 Å². The van der Waals surface area contributed by atoms with Gasteiger partial charge < -0.3 is 4.74 Å². The Morgan fingerprint density at radius 3 is 2.26 bits per heavy atom. The molecule has 0 amide bonds. The van der Waals surface area contributed by atoms with Gasteiger partial charge in [0.1, 0.15) is 5.75 Å². The van der Waals surface area contributed by atoms with Gasteiger partial charge in [0.15, 0.2) is 6.10 Å². The van der Waals surface area contributed by atoms with E-state index < -0.39 is 6.10 Å². The highest BCUT2D eigenvalue weighted by molar-refractivity contribution is 6.35. The Balaban J connectivity index is 1.88. The average Bonchev–Trinajstić information content (AvgIpc) is 2.57. The SMILES string of the molecule is C[C@H](Oc1ccc(Cl)c2ccccc12)C(=O)c1ccc(Cl)cc1. The molecule has 23 heavy (non-hydrogen) atoms. The lowest BCUT2D eigenvalue weighted by Gasteiger charge is -2.16. The van der Waals surface area contributed by atoms with Gasteiger partial charge in [0.2, 0.25) is 5.78 Å². The van der Waals surface area contributed by atoms with E-state index in [0.717, 1.165) is 10.8 Å². The molecule has 0 fully saturated rings. The minimum Gasteiger partial charge on any atom is -0.482 e. The van der Waals surface area contributed by atoms with E-state index in [1.165, 1.54) is 0 Å². The maximum absolute atomic E-state index is 12.5. The summed E-state index contributed by atoms with van der Waals surface area (Å²) in [6.45, 7) is 1.74. The summed E-state index contributed by atoms with van der Waals surface area (Å²) in [5.74, 6) is 0.542. The molecule has 0 saturated heterocycles. The van der Waals surface area contributed by atoms with Gasteiger partial charge in [-0.05, 0) is 43.3 Å². The molecule has 0 heterocycles. The number of ketones is 1. The maximum atomic E-state index is 12.5. The van der Waals surface area contributed by atoms with Crippen molar-refractivity contribution in [3.8, 4) is 5.75 Å². The van der Waals surface area contributed by atoms with Gasteiger partial charge in [-0.15, -0.1) is 0 Å². The Hall–Kier alpha value is -2.03. The van der Waals surface area contributed by atoms with Crippen LogP contribution in [0.4, 0.5) is 0 Å². The van der Waals surface area contributed by atoms with Gasteiger partial charge in [-0.1, -0.05) is 47.5 Å². The molecular formula is C19H14Cl2O2. The quantitative estimate of drug-likeness (QED) is 0.559. The molecule has 0 aromatic heterocycles. The van der Waals surface area contributed by atoms with Gasteiger partial charge in [0.25, 0.3) is 0 Å². The van der Waals surface area contributed by atoms with Crippen molar-refractivity contribution in [2.75, 3.05) is 0 Å². The molecule has 2 nitrogen and oxygen atoms in total. The Bertz CT molecular complexity index is 857. The predicted octanol–water partition coefficient (Wildman–Crippen LogP) is 5.80. The van der Waals surface area contributed by atoms with Crippen molar-refractivity contribution >= 4 is 39.8 Å². The van der Waals surface area contributed by atoms with E-state index in [2.05, 4.69) is 0 Å². The third kappa shape index (κ3) is 3.34. The number of carbonyl (C=O) groups is 1. The van der Waals surface area contributed by atoms with Crippen LogP contribution in [0.1, 0.15) is 17.3 Å². The number of fused-ring (bicyclic) bond motifs is 1. The van der Waals surface area contributed by atoms with E-state index in [4.69, 9.17) is 27.9 Å². The van der Waals surface area contributed by atoms with E-state index in [1.807, 2.05) is 24.3 Å². The Morgan fingerprint density at radius 2 is 1.57 bits per heavy atom. The third-order valence-corrected chi connectivity index (χ3v) is 4.21. The van der Waals surface area contributed by atoms with Gasteiger partial charge in [0, 0.05) is 26.4 Å². The van der Waals surface area contributed by atoms with Crippen LogP contribution in [0, 0.1) is 0 Å². The number of rotatable bonds is 4. The van der Waals surface area contributed by atoms with E-state index in [0.29, 0.717) is 21.4 Å². The van der Waals surface area contributed by atoms with Crippen LogP contribution in [0.25, 0.3) is 10.8 Å². The van der Waals surface area contributed by atoms with Crippen LogP contribution in [-0.4, -0.2) is 11.9 Å². The minimum atomic E-state index is -0.610. The van der Waals surface area contributed by atoms with E-state index in [1.54, 1.807) is 43.3 Å². The lowest BCUT2D eigenvalue weighted by molar-refractivity contribution is 0.0820. The summed E-state index contributed by atoms with van der Waals surface area (Å²) in [4.78, 5) is 12.5. The van der Waals surface area contributed by atoms with Crippen LogP contribution in [0.5, 0.6) is 5.75 Å². The molecule has 0 N–H and O–H groups in total. The van der Waals surface area contributed by atoms with Crippen molar-refractivity contribution < 1.29 is 9.53 Å². The van der Waals surface area contributed by atoms with Crippen molar-refractivity contribution in [2.45, 2.75) is 13.0 Å². The van der Waals surface area contributed by atoms with Crippen LogP contribution >= 0.6 is 23.2 Å². The predicted molar refractivity (Wildman–Crippen MR) is 94.8 cm³/mol. The highest BCUT2D eigenvalue weighted by Crippen LogP contribution is 2.32. The molecule has 3 rings (SSSR count). The molecule has 0 bridgehead atoms. The molecular weight excluding hydrogens is 331 g/mol. The van der Waals surface area contributed by atoms with Crippen molar-refractivity contribution in [1.82, 2.24) is 0 Å². The molecule has 116 valence electrons. The first kappa shape index (κ1) is 15.9. The zero-order valence-corrected chi connectivity index (χ0v) is 13.9. The number of halogens is 2. The normalized spacial score (nSPS) is 12.1. The molecule has 3 aromatic rings. The molecule has 0 aliphatic carbocycles. The summed E-state index contributed by atoms with van der Waals surface area (Å²) >= 11 is 12.1. The fourth-order valence-corrected chi connectivity index (χ4v) is 2.78. The zero-order chi connectivity index (χ0) is 16.4. The van der Waals surface area contributed by atoms with Gasteiger partial charge >= 0.3 is 0 Å². The largest absolute Gasteiger partial charge is 0.482 e. The smallest absolute Gasteiger partial charge is 0.202 e. The molecule has 0 aliphatic rings. The fourth-order valence-electron chi connectivity index (χ4n) is 2.43. The molecule has 0 radical (unpaired) electrons. The Morgan fingerprint density at radius 1 is 0.913 bits per heavy atom. The van der Waals surface area contributed by atoms with E-state index >= 15 is 0 Å². The number of Topliss-reactive ketones (excluding diaryl/α,β-unsaturated/α-hetero) is 1. The minimum absolute atomic E-state index is 0.0966. The number of ether oxygens (including phenoxy) is 1. The van der Waals surface area contributed by atoms with Gasteiger partial charge in [0.05, 0.1) is 0 Å². The summed E-state index contributed by atoms with van der Waals surface area (Å²) in [6, 6.07) is 18.0. The molecule has 3 aromatic carbocycles. The summed E-state index contributed by atoms with van der Waals surface area (Å²) in [5, 5.41) is 3.04. The van der Waals surface area contributed by atoms with Crippen molar-refractivity contribution in [3.05, 3.63) is 76.3 Å². The fraction of sp³-hybridized carbons (Fsp3) is 0.105. The van der Waals surface area contributed by atoms with Crippen LogP contribution < -0.4 is 4.74 Å². The van der Waals surface area contributed by atoms with Crippen LogP contribution in [0.3, 0.4) is 0 Å². The Kier molecular flexibility index (Phi) is 4.56. The van der Waals surface area contributed by atoms with Crippen LogP contribution in [-0.2, 0) is 0 Å². The number of hydrogen-bond donors (Lipinski definition) is 0. The highest BCUT2D eigenvalue weighted by Gasteiger charge is 2.18. The maximum Gasteiger partial charge on any atom is 0.202 e. The monoisotopic (exact) mass is 344 g/mol. The Labute approximate surface area is 144 Å². The lowest BCUT2D eigenvalue weighted by Crippen LogP contribution is -2.23. The lowest BCUT2D eigenvalue weighted by atomic mass is 10.1. The first-order chi connectivity index (χ1) is 11.1. The zero-order valence-electron chi connectivity index (χ0n) is 12.4. The molecule has 1 atom stereocenters. The van der Waals surface area contributed by atoms with Gasteiger partial charge in [-0.25, -0.2) is 0 Å². The summed E-state index contributed by atoms with van der Waals surface area (Å²) in [5.41, 5.74) is 0.570. The number of hydrogen-bond acceptors (Lipinski definition) is 2. The number of benzene rings is 3. The first-order valence-electron chi connectivity index (χ1n) is 7.20. The molecule has 0 unspecified atom stereocenters. The van der Waals surface area contributed by atoms with E-state index in [-0.39, 0.29) is 5.78 Å². The van der Waals surface area contributed by atoms with Crippen LogP contribution in [0.2, 0.25) is 10.0 Å². The standard InChI is InChI=1S/C19H14Cl2O2/c1-12(19(22)13-6-8-14(20)9-7-13)23-18-11-10-17(21)15-4-2-3-5-16(15)18/h2-12H,1H3/t12-/m0/s1. The van der Waals surface area contributed by atoms with E-state index in [9.17, 15) is 4.79 Å². The summed E-state index contributed by atoms with van der Waals surface area (Å²) < 4.78 is 5.89. The topological polar surface area (TPSA) is 26.3 Å². The molecule has 4 heteroatoms. The third-order valence-electron chi connectivity index (χ3n) is 3.63. The molecule has 0 spiro atoms. The molecule has 0 aliphatic heterocycles. The van der Waals surface area contributed by atoms with Crippen molar-refractivity contribution in [3.63, 3.8) is 0 Å². The average molecular weight is 345 g/mol. The number of carbonyl (C=O) groups excluding carboxylic acids is 1. The highest BCUT2D eigenvalue weighted by atomic mass is 35.5.